The standard InChI is InChI=1S/C23H24ClFN8O2.C15H15ClFN7.C7H9ClN2O2.ClH/c1-12(8-16(34)20-30-21(35-32-20)23(2,3)4)14-6-7-15(18(25)17(14)24)19-26-11-27-22(31-19)29-13-9-28-33(5)10-13;1-8(18)10-3-4-11(13(17)12(10)16)14-19-7-20-15(23-14)22-9-5-21-24(2)6-9;1-7(2,3)6-9-5(4(8)11)10-12-6;/h6-7,9-12H,8H2,1-5H3,(H,26,27,29,31);3-8H,18H2,1-2H3,(H,19,20,22,23);1-3H3;1H/t12-;8-;;/m01../s1. The summed E-state index contributed by atoms with van der Waals surface area (Å²) in [4.78, 5) is 56.0. The summed E-state index contributed by atoms with van der Waals surface area (Å²) in [5, 5.41) is 20.4. The number of halogens is 6. The van der Waals surface area contributed by atoms with E-state index in [1.165, 1.54) is 18.7 Å². The van der Waals surface area contributed by atoms with Crippen molar-refractivity contribution in [1.82, 2.24) is 69.7 Å². The third-order valence-electron chi connectivity index (χ3n) is 9.85. The fourth-order valence-corrected chi connectivity index (χ4v) is 6.90. The van der Waals surface area contributed by atoms with Gasteiger partial charge in [0, 0.05) is 49.8 Å². The van der Waals surface area contributed by atoms with Crippen LogP contribution in [0.2, 0.25) is 10.0 Å². The molecule has 27 heteroatoms. The lowest BCUT2D eigenvalue weighted by molar-refractivity contribution is 0.0962. The Hall–Kier alpha value is -6.92. The molecule has 0 bridgehead atoms. The number of anilines is 4. The molecule has 6 heterocycles. The summed E-state index contributed by atoms with van der Waals surface area (Å²) >= 11 is 17.6. The number of benzene rings is 2. The molecule has 6 aromatic heterocycles. The highest BCUT2D eigenvalue weighted by Gasteiger charge is 2.27. The van der Waals surface area contributed by atoms with Crippen molar-refractivity contribution < 1.29 is 27.4 Å². The largest absolute Gasteiger partial charge is 0.338 e. The number of rotatable bonds is 12. The average Bonchev–Trinajstić information content (AvgIpc) is 4.15. The second kappa shape index (κ2) is 23.5. The van der Waals surface area contributed by atoms with Crippen molar-refractivity contribution in [1.29, 1.82) is 0 Å². The molecule has 0 fully saturated rings. The first-order chi connectivity index (χ1) is 33.4. The van der Waals surface area contributed by atoms with Crippen LogP contribution < -0.4 is 16.4 Å². The first-order valence-electron chi connectivity index (χ1n) is 21.4. The lowest BCUT2D eigenvalue weighted by Gasteiger charge is -2.14. The Morgan fingerprint density at radius 1 is 0.694 bits per heavy atom. The molecule has 0 aliphatic heterocycles. The summed E-state index contributed by atoms with van der Waals surface area (Å²) in [6.45, 7) is 15.0. The van der Waals surface area contributed by atoms with Gasteiger partial charge in [-0.15, -0.1) is 12.4 Å². The maximum absolute atomic E-state index is 15.3. The summed E-state index contributed by atoms with van der Waals surface area (Å²) < 4.78 is 43.1. The molecule has 72 heavy (non-hydrogen) atoms. The molecule has 2 aromatic carbocycles. The fourth-order valence-electron chi connectivity index (χ4n) is 6.14. The van der Waals surface area contributed by atoms with E-state index in [4.69, 9.17) is 49.6 Å². The van der Waals surface area contributed by atoms with Gasteiger partial charge in [0.05, 0.1) is 44.9 Å². The molecule has 2 atom stereocenters. The smallest absolute Gasteiger partial charge is 0.293 e. The van der Waals surface area contributed by atoms with Gasteiger partial charge in [-0.05, 0) is 47.7 Å². The van der Waals surface area contributed by atoms with Crippen LogP contribution in [-0.4, -0.2) is 80.8 Å². The Bertz CT molecular complexity index is 3170. The van der Waals surface area contributed by atoms with E-state index in [0.717, 1.165) is 0 Å². The summed E-state index contributed by atoms with van der Waals surface area (Å²) in [7, 11) is 3.57. The van der Waals surface area contributed by atoms with Gasteiger partial charge in [0.2, 0.25) is 35.3 Å². The van der Waals surface area contributed by atoms with Crippen LogP contribution in [0.15, 0.2) is 70.8 Å². The lowest BCUT2D eigenvalue weighted by atomic mass is 9.94. The Labute approximate surface area is 432 Å². The molecule has 4 N–H and O–H groups in total. The zero-order valence-corrected chi connectivity index (χ0v) is 43.5. The maximum Gasteiger partial charge on any atom is 0.293 e. The number of carbonyl (C=O) groups is 2. The Morgan fingerprint density at radius 2 is 1.12 bits per heavy atom. The number of Topliss-reactive ketones (excluding diaryl/α,β-unsaturated/α-hetero) is 1. The second-order valence-corrected chi connectivity index (χ2v) is 19.0. The highest BCUT2D eigenvalue weighted by atomic mass is 35.5. The first kappa shape index (κ1) is 56.0. The molecule has 0 saturated heterocycles. The molecular formula is C45H49Cl4F2N17O4. The average molecular weight is 1070 g/mol. The Kier molecular flexibility index (Phi) is 18.3. The van der Waals surface area contributed by atoms with E-state index in [-0.39, 0.29) is 97.8 Å². The van der Waals surface area contributed by atoms with Crippen LogP contribution in [0.1, 0.15) is 118 Å². The van der Waals surface area contributed by atoms with Crippen molar-refractivity contribution in [3.05, 3.63) is 118 Å². The maximum atomic E-state index is 15.3. The minimum Gasteiger partial charge on any atom is -0.338 e. The van der Waals surface area contributed by atoms with Gasteiger partial charge in [-0.2, -0.15) is 30.1 Å². The number of nitrogens with two attached hydrogens (primary N) is 1. The van der Waals surface area contributed by atoms with Crippen LogP contribution in [0.4, 0.5) is 32.1 Å². The SMILES string of the molecule is CC(C)(C)c1nc(C(=O)Cl)no1.C[C@@H](CC(=O)c1noc(C(C)(C)C)n1)c1ccc(-c2ncnc(Nc3cnn(C)c3)n2)c(F)c1Cl.C[C@@H](N)c1ccc(-c2ncnc(Nc3cnn(C)c3)n2)c(F)c1Cl.Cl. The molecule has 0 amide bonds. The molecular weight excluding hydrogens is 1020 g/mol. The molecule has 0 aliphatic carbocycles. The molecule has 0 saturated carbocycles. The third-order valence-corrected chi connectivity index (χ3v) is 10.8. The number of nitrogens with zero attached hydrogens (tertiary/aromatic N) is 14. The van der Waals surface area contributed by atoms with Gasteiger partial charge in [0.15, 0.2) is 23.3 Å². The van der Waals surface area contributed by atoms with E-state index >= 15 is 4.39 Å². The van der Waals surface area contributed by atoms with Crippen molar-refractivity contribution in [2.45, 2.75) is 84.6 Å². The van der Waals surface area contributed by atoms with Crippen molar-refractivity contribution in [3.63, 3.8) is 0 Å². The van der Waals surface area contributed by atoms with Crippen LogP contribution >= 0.6 is 47.2 Å². The van der Waals surface area contributed by atoms with Gasteiger partial charge < -0.3 is 25.4 Å². The van der Waals surface area contributed by atoms with Crippen LogP contribution in [0.25, 0.3) is 22.8 Å². The van der Waals surface area contributed by atoms with Gasteiger partial charge in [0.25, 0.3) is 11.1 Å². The topological polar surface area (TPSA) is 275 Å². The second-order valence-electron chi connectivity index (χ2n) is 17.9. The number of aryl methyl sites for hydroxylation is 2. The zero-order valence-electron chi connectivity index (χ0n) is 40.4. The molecule has 8 rings (SSSR count). The predicted octanol–water partition coefficient (Wildman–Crippen LogP) is 9.86. The predicted molar refractivity (Wildman–Crippen MR) is 267 cm³/mol. The monoisotopic (exact) mass is 1070 g/mol. The summed E-state index contributed by atoms with van der Waals surface area (Å²) in [5.74, 6) is -0.511. The number of hydrogen-bond donors (Lipinski definition) is 3. The minimum absolute atomic E-state index is 0. The zero-order chi connectivity index (χ0) is 51.9. The van der Waals surface area contributed by atoms with Gasteiger partial charge >= 0.3 is 0 Å². The van der Waals surface area contributed by atoms with Crippen molar-refractivity contribution in [2.75, 3.05) is 10.6 Å². The van der Waals surface area contributed by atoms with Gasteiger partial charge in [-0.3, -0.25) is 19.0 Å². The van der Waals surface area contributed by atoms with Gasteiger partial charge in [0.1, 0.15) is 12.7 Å². The highest BCUT2D eigenvalue weighted by molar-refractivity contribution is 6.67. The van der Waals surface area contributed by atoms with Crippen LogP contribution in [0.5, 0.6) is 0 Å². The van der Waals surface area contributed by atoms with E-state index in [2.05, 4.69) is 71.0 Å². The summed E-state index contributed by atoms with van der Waals surface area (Å²) in [6.07, 6.45) is 9.35. The number of ketones is 1. The normalized spacial score (nSPS) is 12.1. The van der Waals surface area contributed by atoms with E-state index in [9.17, 15) is 14.0 Å². The van der Waals surface area contributed by atoms with Crippen LogP contribution in [0.3, 0.4) is 0 Å². The number of carbonyl (C=O) groups excluding carboxylic acids is 2. The lowest BCUT2D eigenvalue weighted by Crippen LogP contribution is -2.13. The van der Waals surface area contributed by atoms with Crippen LogP contribution in [-0.2, 0) is 24.9 Å². The minimum atomic E-state index is -0.700. The van der Waals surface area contributed by atoms with E-state index < -0.39 is 22.8 Å². The molecule has 21 nitrogen and oxygen atoms in total. The van der Waals surface area contributed by atoms with Crippen molar-refractivity contribution >= 4 is 81.5 Å². The van der Waals surface area contributed by atoms with Crippen LogP contribution in [0, 0.1) is 11.6 Å². The number of aromatic nitrogens is 14. The third kappa shape index (κ3) is 14.1. The van der Waals surface area contributed by atoms with E-state index in [0.29, 0.717) is 34.3 Å². The van der Waals surface area contributed by atoms with Crippen molar-refractivity contribution in [2.24, 2.45) is 19.8 Å². The molecule has 0 aliphatic rings. The fraction of sp³-hybridized carbons (Fsp3) is 0.333. The number of nitrogens with one attached hydrogen (secondary N) is 2. The summed E-state index contributed by atoms with van der Waals surface area (Å²) in [6, 6.07) is 6.05. The van der Waals surface area contributed by atoms with Gasteiger partial charge in [-0.25, -0.2) is 28.7 Å². The Balaban J connectivity index is 0.000000224. The van der Waals surface area contributed by atoms with Crippen molar-refractivity contribution in [3.8, 4) is 22.8 Å². The quantitative estimate of drug-likeness (QED) is 0.0758. The summed E-state index contributed by atoms with van der Waals surface area (Å²) in [5.41, 5.74) is 7.83. The van der Waals surface area contributed by atoms with E-state index in [1.807, 2.05) is 41.5 Å². The Morgan fingerprint density at radius 3 is 1.51 bits per heavy atom. The molecule has 0 spiro atoms. The highest BCUT2D eigenvalue weighted by Crippen LogP contribution is 2.35. The molecule has 380 valence electrons. The van der Waals surface area contributed by atoms with E-state index in [1.54, 1.807) is 80.3 Å². The molecule has 8 aromatic rings. The number of hydrogen-bond acceptors (Lipinski definition) is 19. The molecule has 0 unspecified atom stereocenters. The van der Waals surface area contributed by atoms with Gasteiger partial charge in [-0.1, -0.05) is 94.1 Å². The first-order valence-corrected chi connectivity index (χ1v) is 22.6. The molecule has 0 radical (unpaired) electrons.